The van der Waals surface area contributed by atoms with Crippen LogP contribution in [0.25, 0.3) is 10.6 Å². The Balaban J connectivity index is 2.16. The first-order chi connectivity index (χ1) is 9.20. The largest absolute Gasteiger partial charge is 0.292 e. The number of thioether (sulfide) groups is 1. The van der Waals surface area contributed by atoms with Crippen LogP contribution >= 0.6 is 23.1 Å². The molecule has 2 aromatic rings. The highest BCUT2D eigenvalue weighted by atomic mass is 32.2. The van der Waals surface area contributed by atoms with Crippen molar-refractivity contribution in [3.63, 3.8) is 0 Å². The van der Waals surface area contributed by atoms with Crippen LogP contribution in [-0.2, 0) is 6.42 Å². The molecule has 0 saturated heterocycles. The third-order valence-electron chi connectivity index (χ3n) is 3.18. The highest BCUT2D eigenvalue weighted by Crippen LogP contribution is 2.38. The molecule has 1 heterocycles. The monoisotopic (exact) mass is 293 g/mol. The lowest BCUT2D eigenvalue weighted by Gasteiger charge is -2.06. The van der Waals surface area contributed by atoms with Gasteiger partial charge in [-0.15, -0.1) is 23.1 Å². The summed E-state index contributed by atoms with van der Waals surface area (Å²) in [6.07, 6.45) is 4.22. The molecule has 1 aliphatic rings. The van der Waals surface area contributed by atoms with E-state index in [0.29, 0.717) is 22.7 Å². The van der Waals surface area contributed by atoms with Gasteiger partial charge in [0.15, 0.2) is 5.78 Å². The molecular formula is C14H12FNOS2. The van der Waals surface area contributed by atoms with Crippen molar-refractivity contribution < 1.29 is 9.18 Å². The van der Waals surface area contributed by atoms with Crippen LogP contribution in [0.4, 0.5) is 4.39 Å². The predicted molar refractivity (Wildman–Crippen MR) is 76.6 cm³/mol. The number of hydrogen-bond acceptors (Lipinski definition) is 4. The fourth-order valence-corrected chi connectivity index (χ4v) is 4.12. The molecule has 1 aromatic carbocycles. The number of aryl methyl sites for hydroxylation is 1. The van der Waals surface area contributed by atoms with Crippen LogP contribution in [-0.4, -0.2) is 17.0 Å². The molecule has 0 radical (unpaired) electrons. The van der Waals surface area contributed by atoms with Crippen molar-refractivity contribution in [2.24, 2.45) is 0 Å². The van der Waals surface area contributed by atoms with E-state index in [1.807, 2.05) is 12.3 Å². The summed E-state index contributed by atoms with van der Waals surface area (Å²) in [5, 5.41) is 0.628. The Labute approximate surface area is 119 Å². The number of benzene rings is 1. The summed E-state index contributed by atoms with van der Waals surface area (Å²) in [6, 6.07) is 5.02. The van der Waals surface area contributed by atoms with Gasteiger partial charge in [0.05, 0.1) is 5.56 Å². The quantitative estimate of drug-likeness (QED) is 0.778. The second-order valence-corrected chi connectivity index (χ2v) is 6.32. The zero-order valence-corrected chi connectivity index (χ0v) is 12.0. The molecule has 2 nitrogen and oxygen atoms in total. The third kappa shape index (κ3) is 2.21. The lowest BCUT2D eigenvalue weighted by atomic mass is 10.0. The van der Waals surface area contributed by atoms with Gasteiger partial charge < -0.3 is 0 Å². The maximum Gasteiger partial charge on any atom is 0.182 e. The van der Waals surface area contributed by atoms with E-state index in [2.05, 4.69) is 4.98 Å². The summed E-state index contributed by atoms with van der Waals surface area (Å²) in [7, 11) is 0. The number of aromatic nitrogens is 1. The van der Waals surface area contributed by atoms with E-state index < -0.39 is 0 Å². The van der Waals surface area contributed by atoms with Crippen molar-refractivity contribution in [3.05, 3.63) is 34.6 Å². The van der Waals surface area contributed by atoms with E-state index in [1.165, 1.54) is 29.2 Å². The van der Waals surface area contributed by atoms with E-state index in [9.17, 15) is 9.18 Å². The number of hydrogen-bond donors (Lipinski definition) is 0. The minimum atomic E-state index is -0.273. The zero-order chi connectivity index (χ0) is 13.4. The number of carbonyl (C=O) groups excluding carboxylic acids is 1. The van der Waals surface area contributed by atoms with Gasteiger partial charge >= 0.3 is 0 Å². The predicted octanol–water partition coefficient (Wildman–Crippen LogP) is 4.19. The number of ketones is 1. The standard InChI is InChI=1S/C14H12FNOS2/c1-18-10-6-2-4-8(15)12(10)14-16-13-9(17)5-3-7-11(13)19-14/h2,4,6H,3,5,7H2,1H3. The third-order valence-corrected chi connectivity index (χ3v) is 5.09. The SMILES string of the molecule is CSc1cccc(F)c1-c1nc2c(s1)CCCC2=O. The molecule has 0 amide bonds. The van der Waals surface area contributed by atoms with E-state index in [0.717, 1.165) is 22.6 Å². The summed E-state index contributed by atoms with van der Waals surface area (Å²) in [4.78, 5) is 18.1. The highest BCUT2D eigenvalue weighted by molar-refractivity contribution is 7.98. The Morgan fingerprint density at radius 2 is 2.21 bits per heavy atom. The molecule has 0 aliphatic heterocycles. The van der Waals surface area contributed by atoms with E-state index in [1.54, 1.807) is 6.07 Å². The zero-order valence-electron chi connectivity index (χ0n) is 10.4. The van der Waals surface area contributed by atoms with Gasteiger partial charge in [0, 0.05) is 16.2 Å². The first-order valence-electron chi connectivity index (χ1n) is 6.06. The summed E-state index contributed by atoms with van der Waals surface area (Å²) >= 11 is 2.94. The minimum Gasteiger partial charge on any atom is -0.292 e. The average Bonchev–Trinajstić information content (AvgIpc) is 2.83. The summed E-state index contributed by atoms with van der Waals surface area (Å²) in [5.41, 5.74) is 1.09. The molecule has 0 atom stereocenters. The molecule has 0 fully saturated rings. The summed E-state index contributed by atoms with van der Waals surface area (Å²) < 4.78 is 14.1. The van der Waals surface area contributed by atoms with Gasteiger partial charge in [-0.3, -0.25) is 4.79 Å². The van der Waals surface area contributed by atoms with Crippen molar-refractivity contribution in [1.82, 2.24) is 4.98 Å². The van der Waals surface area contributed by atoms with Crippen LogP contribution in [0.5, 0.6) is 0 Å². The number of Topliss-reactive ketones (excluding diaryl/α,β-unsaturated/α-hetero) is 1. The Hall–Kier alpha value is -1.20. The Bertz CT molecular complexity index is 651. The van der Waals surface area contributed by atoms with Crippen LogP contribution in [0.15, 0.2) is 23.1 Å². The van der Waals surface area contributed by atoms with Gasteiger partial charge in [-0.05, 0) is 31.2 Å². The maximum absolute atomic E-state index is 14.1. The maximum atomic E-state index is 14.1. The number of fused-ring (bicyclic) bond motifs is 1. The van der Waals surface area contributed by atoms with Crippen LogP contribution in [0.2, 0.25) is 0 Å². The van der Waals surface area contributed by atoms with Gasteiger partial charge in [0.1, 0.15) is 16.5 Å². The molecule has 0 N–H and O–H groups in total. The molecule has 1 aliphatic carbocycles. The topological polar surface area (TPSA) is 30.0 Å². The fourth-order valence-electron chi connectivity index (χ4n) is 2.26. The molecule has 1 aromatic heterocycles. The van der Waals surface area contributed by atoms with Crippen LogP contribution in [0.3, 0.4) is 0 Å². The average molecular weight is 293 g/mol. The summed E-state index contributed by atoms with van der Waals surface area (Å²) in [6.45, 7) is 0. The highest BCUT2D eigenvalue weighted by Gasteiger charge is 2.24. The summed E-state index contributed by atoms with van der Waals surface area (Å²) in [5.74, 6) is -0.184. The molecule has 98 valence electrons. The minimum absolute atomic E-state index is 0.0887. The lowest BCUT2D eigenvalue weighted by Crippen LogP contribution is -2.08. The fraction of sp³-hybridized carbons (Fsp3) is 0.286. The number of nitrogens with zero attached hydrogens (tertiary/aromatic N) is 1. The van der Waals surface area contributed by atoms with Crippen LogP contribution < -0.4 is 0 Å². The molecule has 0 bridgehead atoms. The van der Waals surface area contributed by atoms with Crippen molar-refractivity contribution in [2.45, 2.75) is 24.2 Å². The molecular weight excluding hydrogens is 281 g/mol. The molecule has 19 heavy (non-hydrogen) atoms. The van der Waals surface area contributed by atoms with Gasteiger partial charge in [0.25, 0.3) is 0 Å². The Morgan fingerprint density at radius 3 is 2.95 bits per heavy atom. The van der Waals surface area contributed by atoms with Crippen molar-refractivity contribution in [1.29, 1.82) is 0 Å². The van der Waals surface area contributed by atoms with Crippen molar-refractivity contribution >= 4 is 28.9 Å². The first-order valence-corrected chi connectivity index (χ1v) is 8.10. The Morgan fingerprint density at radius 1 is 1.37 bits per heavy atom. The van der Waals surface area contributed by atoms with Gasteiger partial charge in [0.2, 0.25) is 0 Å². The molecule has 0 saturated carbocycles. The number of thiazole rings is 1. The van der Waals surface area contributed by atoms with Crippen LogP contribution in [0.1, 0.15) is 28.2 Å². The van der Waals surface area contributed by atoms with E-state index in [-0.39, 0.29) is 11.6 Å². The number of carbonyl (C=O) groups is 1. The van der Waals surface area contributed by atoms with E-state index >= 15 is 0 Å². The second-order valence-electron chi connectivity index (χ2n) is 4.38. The van der Waals surface area contributed by atoms with E-state index in [4.69, 9.17) is 0 Å². The van der Waals surface area contributed by atoms with Crippen LogP contribution in [0, 0.1) is 5.82 Å². The smallest absolute Gasteiger partial charge is 0.182 e. The number of halogens is 1. The molecule has 5 heteroatoms. The molecule has 0 spiro atoms. The van der Waals surface area contributed by atoms with Gasteiger partial charge in [-0.25, -0.2) is 9.37 Å². The van der Waals surface area contributed by atoms with Gasteiger partial charge in [-0.1, -0.05) is 6.07 Å². The molecule has 0 unspecified atom stereocenters. The first kappa shape index (κ1) is 12.8. The van der Waals surface area contributed by atoms with Crippen molar-refractivity contribution in [3.8, 4) is 10.6 Å². The lowest BCUT2D eigenvalue weighted by molar-refractivity contribution is 0.0968. The molecule has 3 rings (SSSR count). The second kappa shape index (κ2) is 5.06. The van der Waals surface area contributed by atoms with Gasteiger partial charge in [-0.2, -0.15) is 0 Å². The normalized spacial score (nSPS) is 14.5. The number of rotatable bonds is 2. The van der Waals surface area contributed by atoms with Crippen molar-refractivity contribution in [2.75, 3.05) is 6.26 Å². The Kier molecular flexibility index (Phi) is 3.41.